The molecular weight excluding hydrogens is 329 g/mol. The van der Waals surface area contributed by atoms with Gasteiger partial charge in [0.25, 0.3) is 5.91 Å². The van der Waals surface area contributed by atoms with Gasteiger partial charge in [0.2, 0.25) is 0 Å². The van der Waals surface area contributed by atoms with E-state index < -0.39 is 5.97 Å². The zero-order valence-corrected chi connectivity index (χ0v) is 14.6. The summed E-state index contributed by atoms with van der Waals surface area (Å²) in [5.74, 6) is -0.601. The number of hydrogen-bond donors (Lipinski definition) is 0. The fourth-order valence-electron chi connectivity index (χ4n) is 3.15. The Morgan fingerprint density at radius 1 is 1.42 bits per heavy atom. The monoisotopic (exact) mass is 349 g/mol. The largest absolute Gasteiger partial charge is 0.451 e. The Balaban J connectivity index is 1.68. The third-order valence-corrected chi connectivity index (χ3v) is 5.66. The Hall–Kier alpha value is -1.95. The molecule has 0 bridgehead atoms. The number of aryl methyl sites for hydroxylation is 1. The zero-order chi connectivity index (χ0) is 17.3. The summed E-state index contributed by atoms with van der Waals surface area (Å²) in [5.41, 5.74) is 0.567. The molecule has 1 aliphatic heterocycles. The van der Waals surface area contributed by atoms with Gasteiger partial charge in [-0.05, 0) is 43.4 Å². The molecule has 6 heteroatoms. The maximum absolute atomic E-state index is 13.9. The molecule has 1 aromatic carbocycles. The van der Waals surface area contributed by atoms with Crippen molar-refractivity contribution >= 4 is 33.3 Å². The van der Waals surface area contributed by atoms with Gasteiger partial charge < -0.3 is 9.64 Å². The summed E-state index contributed by atoms with van der Waals surface area (Å²) in [6.07, 6.45) is 2.10. The highest BCUT2D eigenvalue weighted by molar-refractivity contribution is 7.21. The summed E-state index contributed by atoms with van der Waals surface area (Å²) >= 11 is 1.19. The fourth-order valence-corrected chi connectivity index (χ4v) is 4.26. The van der Waals surface area contributed by atoms with Crippen LogP contribution in [-0.4, -0.2) is 36.5 Å². The maximum Gasteiger partial charge on any atom is 0.349 e. The number of likely N-dealkylation sites (tertiary alicyclic amines) is 1. The predicted octanol–water partition coefficient (Wildman–Crippen LogP) is 3.76. The highest BCUT2D eigenvalue weighted by Gasteiger charge is 2.24. The number of nitrogens with zero attached hydrogens (tertiary/aromatic N) is 1. The van der Waals surface area contributed by atoms with Crippen molar-refractivity contribution in [1.82, 2.24) is 4.90 Å². The van der Waals surface area contributed by atoms with Crippen molar-refractivity contribution in [2.45, 2.75) is 26.7 Å². The van der Waals surface area contributed by atoms with Gasteiger partial charge in [-0.15, -0.1) is 11.3 Å². The SMILES string of the molecule is Cc1c(C(=O)OCC(=O)N2CCC[C@H](C)C2)sc2cccc(F)c12. The van der Waals surface area contributed by atoms with Gasteiger partial charge >= 0.3 is 5.97 Å². The van der Waals surface area contributed by atoms with Crippen molar-refractivity contribution in [2.75, 3.05) is 19.7 Å². The third kappa shape index (κ3) is 3.29. The third-order valence-electron chi connectivity index (χ3n) is 4.42. The summed E-state index contributed by atoms with van der Waals surface area (Å²) in [6, 6.07) is 4.76. The van der Waals surface area contributed by atoms with Crippen LogP contribution in [0.5, 0.6) is 0 Å². The lowest BCUT2D eigenvalue weighted by Crippen LogP contribution is -2.41. The van der Waals surface area contributed by atoms with E-state index in [1.54, 1.807) is 24.0 Å². The van der Waals surface area contributed by atoms with E-state index in [0.29, 0.717) is 39.5 Å². The molecule has 1 saturated heterocycles. The second kappa shape index (κ2) is 6.89. The van der Waals surface area contributed by atoms with E-state index in [-0.39, 0.29) is 18.3 Å². The number of fused-ring (bicyclic) bond motifs is 1. The number of ether oxygens (including phenoxy) is 1. The minimum atomic E-state index is -0.563. The topological polar surface area (TPSA) is 46.6 Å². The number of esters is 1. The van der Waals surface area contributed by atoms with Crippen molar-refractivity contribution in [3.63, 3.8) is 0 Å². The van der Waals surface area contributed by atoms with Gasteiger partial charge in [-0.2, -0.15) is 0 Å². The average molecular weight is 349 g/mol. The number of carbonyl (C=O) groups excluding carboxylic acids is 2. The van der Waals surface area contributed by atoms with Crippen molar-refractivity contribution in [1.29, 1.82) is 0 Å². The van der Waals surface area contributed by atoms with E-state index in [4.69, 9.17) is 4.74 Å². The van der Waals surface area contributed by atoms with Gasteiger partial charge in [-0.3, -0.25) is 4.79 Å². The van der Waals surface area contributed by atoms with Crippen molar-refractivity contribution < 1.29 is 18.7 Å². The summed E-state index contributed by atoms with van der Waals surface area (Å²) in [4.78, 5) is 26.6. The number of carbonyl (C=O) groups is 2. The first-order valence-electron chi connectivity index (χ1n) is 8.10. The van der Waals surface area contributed by atoms with E-state index >= 15 is 0 Å². The molecule has 2 aromatic rings. The highest BCUT2D eigenvalue weighted by Crippen LogP contribution is 2.33. The highest BCUT2D eigenvalue weighted by atomic mass is 32.1. The van der Waals surface area contributed by atoms with Crippen LogP contribution >= 0.6 is 11.3 Å². The molecule has 1 aliphatic rings. The van der Waals surface area contributed by atoms with Crippen LogP contribution < -0.4 is 0 Å². The summed E-state index contributed by atoms with van der Waals surface area (Å²) < 4.78 is 19.8. The lowest BCUT2D eigenvalue weighted by atomic mass is 10.0. The summed E-state index contributed by atoms with van der Waals surface area (Å²) in [7, 11) is 0. The van der Waals surface area contributed by atoms with E-state index in [1.165, 1.54) is 17.4 Å². The molecule has 4 nitrogen and oxygen atoms in total. The second-order valence-electron chi connectivity index (χ2n) is 6.33. The van der Waals surface area contributed by atoms with Gasteiger partial charge in [0, 0.05) is 23.2 Å². The molecule has 0 aliphatic carbocycles. The van der Waals surface area contributed by atoms with Crippen LogP contribution in [0.15, 0.2) is 18.2 Å². The molecule has 0 spiro atoms. The quantitative estimate of drug-likeness (QED) is 0.793. The Kier molecular flexibility index (Phi) is 4.85. The number of amides is 1. The van der Waals surface area contributed by atoms with Crippen LogP contribution in [0.1, 0.15) is 35.0 Å². The summed E-state index contributed by atoms with van der Waals surface area (Å²) in [5, 5.41) is 0.450. The van der Waals surface area contributed by atoms with E-state index in [9.17, 15) is 14.0 Å². The van der Waals surface area contributed by atoms with Crippen LogP contribution in [0.3, 0.4) is 0 Å². The van der Waals surface area contributed by atoms with Crippen molar-refractivity contribution in [2.24, 2.45) is 5.92 Å². The second-order valence-corrected chi connectivity index (χ2v) is 7.38. The minimum Gasteiger partial charge on any atom is -0.451 e. The van der Waals surface area contributed by atoms with Gasteiger partial charge in [0.05, 0.1) is 0 Å². The fraction of sp³-hybridized carbons (Fsp3) is 0.444. The van der Waals surface area contributed by atoms with E-state index in [1.807, 2.05) is 0 Å². The Labute approximate surface area is 144 Å². The van der Waals surface area contributed by atoms with Gasteiger partial charge in [-0.1, -0.05) is 13.0 Å². The minimum absolute atomic E-state index is 0.167. The molecule has 1 aromatic heterocycles. The van der Waals surface area contributed by atoms with Crippen molar-refractivity contribution in [3.05, 3.63) is 34.5 Å². The Morgan fingerprint density at radius 2 is 2.21 bits per heavy atom. The average Bonchev–Trinajstić information content (AvgIpc) is 2.90. The molecule has 1 fully saturated rings. The molecule has 1 amide bonds. The molecule has 128 valence electrons. The van der Waals surface area contributed by atoms with E-state index in [0.717, 1.165) is 12.8 Å². The number of piperidine rings is 1. The first-order valence-corrected chi connectivity index (χ1v) is 8.91. The predicted molar refractivity (Wildman–Crippen MR) is 91.8 cm³/mol. The molecule has 1 atom stereocenters. The lowest BCUT2D eigenvalue weighted by Gasteiger charge is -2.30. The van der Waals surface area contributed by atoms with Crippen LogP contribution in [0.4, 0.5) is 4.39 Å². The zero-order valence-electron chi connectivity index (χ0n) is 13.8. The van der Waals surface area contributed by atoms with E-state index in [2.05, 4.69) is 6.92 Å². The molecule has 24 heavy (non-hydrogen) atoms. The summed E-state index contributed by atoms with van der Waals surface area (Å²) in [6.45, 7) is 4.98. The number of hydrogen-bond acceptors (Lipinski definition) is 4. The molecule has 0 unspecified atom stereocenters. The Bertz CT molecular complexity index is 786. The molecule has 0 radical (unpaired) electrons. The van der Waals surface area contributed by atoms with Crippen LogP contribution in [-0.2, 0) is 9.53 Å². The molecule has 3 rings (SSSR count). The van der Waals surface area contributed by atoms with Gasteiger partial charge in [-0.25, -0.2) is 9.18 Å². The number of rotatable bonds is 3. The standard InChI is InChI=1S/C18H20FNO3S/c1-11-5-4-8-20(9-11)15(21)10-23-18(22)17-12(2)16-13(19)6-3-7-14(16)24-17/h3,6-7,11H,4-5,8-10H2,1-2H3/t11-/m0/s1. The first-order chi connectivity index (χ1) is 11.5. The van der Waals surface area contributed by atoms with Gasteiger partial charge in [0.1, 0.15) is 10.7 Å². The number of thiophene rings is 1. The number of benzene rings is 1. The lowest BCUT2D eigenvalue weighted by molar-refractivity contribution is -0.136. The molecule has 2 heterocycles. The van der Waals surface area contributed by atoms with Crippen molar-refractivity contribution in [3.8, 4) is 0 Å². The van der Waals surface area contributed by atoms with Gasteiger partial charge in [0.15, 0.2) is 6.61 Å². The Morgan fingerprint density at radius 3 is 2.92 bits per heavy atom. The van der Waals surface area contributed by atoms with Crippen LogP contribution in [0, 0.1) is 18.7 Å². The molecule has 0 N–H and O–H groups in total. The smallest absolute Gasteiger partial charge is 0.349 e. The van der Waals surface area contributed by atoms with Crippen LogP contribution in [0.2, 0.25) is 0 Å². The molecule has 0 saturated carbocycles. The van der Waals surface area contributed by atoms with Crippen LogP contribution in [0.25, 0.3) is 10.1 Å². The number of halogens is 1. The maximum atomic E-state index is 13.9. The first kappa shape index (κ1) is 16.9. The normalized spacial score (nSPS) is 18.0. The molecular formula is C18H20FNO3S.